The van der Waals surface area contributed by atoms with Crippen molar-refractivity contribution in [2.45, 2.75) is 6.61 Å². The highest BCUT2D eigenvalue weighted by Gasteiger charge is 2.05. The van der Waals surface area contributed by atoms with Gasteiger partial charge in [0.2, 0.25) is 0 Å². The van der Waals surface area contributed by atoms with Crippen LogP contribution in [-0.4, -0.2) is 4.98 Å². The number of aromatic nitrogens is 1. The average molecular weight is 291 g/mol. The molecule has 19 heavy (non-hydrogen) atoms. The van der Waals surface area contributed by atoms with Gasteiger partial charge in [-0.05, 0) is 42.5 Å². The lowest BCUT2D eigenvalue weighted by molar-refractivity contribution is 0.306. The Morgan fingerprint density at radius 2 is 1.95 bits per heavy atom. The normalized spacial score (nSPS) is 10.8. The second-order valence-corrected chi connectivity index (χ2v) is 5.63. The first kappa shape index (κ1) is 12.3. The molecule has 2 aromatic carbocycles. The minimum atomic E-state index is 0.445. The molecule has 0 unspecified atom stereocenters. The van der Waals surface area contributed by atoms with Crippen molar-refractivity contribution in [2.75, 3.05) is 5.73 Å². The minimum absolute atomic E-state index is 0.445. The molecule has 0 bridgehead atoms. The molecule has 2 N–H and O–H groups in total. The lowest BCUT2D eigenvalue weighted by atomic mass is 10.3. The summed E-state index contributed by atoms with van der Waals surface area (Å²) in [5.74, 6) is 0.784. The Morgan fingerprint density at radius 1 is 1.16 bits per heavy atom. The molecule has 0 saturated heterocycles. The van der Waals surface area contributed by atoms with E-state index in [2.05, 4.69) is 4.98 Å². The number of nitrogen functional groups attached to an aromatic ring is 1. The maximum atomic E-state index is 5.95. The fourth-order valence-corrected chi connectivity index (χ4v) is 2.87. The average Bonchev–Trinajstić information content (AvgIpc) is 2.80. The highest BCUT2D eigenvalue weighted by molar-refractivity contribution is 7.18. The molecule has 0 saturated carbocycles. The van der Waals surface area contributed by atoms with Crippen molar-refractivity contribution in [3.05, 3.63) is 52.5 Å². The summed E-state index contributed by atoms with van der Waals surface area (Å²) in [4.78, 5) is 4.50. The molecule has 1 heterocycles. The summed E-state index contributed by atoms with van der Waals surface area (Å²) in [5.41, 5.74) is 7.29. The third-order valence-corrected chi connectivity index (χ3v) is 3.86. The van der Waals surface area contributed by atoms with Crippen LogP contribution in [0.5, 0.6) is 5.75 Å². The maximum Gasteiger partial charge on any atom is 0.140 e. The fraction of sp³-hybridized carbons (Fsp3) is 0.0714. The van der Waals surface area contributed by atoms with Crippen molar-refractivity contribution in [2.24, 2.45) is 0 Å². The van der Waals surface area contributed by atoms with Gasteiger partial charge in [-0.1, -0.05) is 11.6 Å². The number of halogens is 1. The number of anilines is 1. The molecule has 0 aliphatic heterocycles. The van der Waals surface area contributed by atoms with Gasteiger partial charge >= 0.3 is 0 Å². The van der Waals surface area contributed by atoms with Gasteiger partial charge in [0.1, 0.15) is 17.4 Å². The van der Waals surface area contributed by atoms with E-state index >= 15 is 0 Å². The Bertz CT molecular complexity index is 709. The summed E-state index contributed by atoms with van der Waals surface area (Å²) >= 11 is 7.54. The number of ether oxygens (including phenoxy) is 1. The van der Waals surface area contributed by atoms with E-state index in [4.69, 9.17) is 22.1 Å². The van der Waals surface area contributed by atoms with Gasteiger partial charge in [-0.2, -0.15) is 0 Å². The van der Waals surface area contributed by atoms with E-state index in [-0.39, 0.29) is 0 Å². The SMILES string of the molecule is Nc1ccc(OCc2nc3ccc(Cl)cc3s2)cc1. The highest BCUT2D eigenvalue weighted by atomic mass is 35.5. The lowest BCUT2D eigenvalue weighted by Gasteiger charge is -2.03. The highest BCUT2D eigenvalue weighted by Crippen LogP contribution is 2.26. The van der Waals surface area contributed by atoms with Crippen molar-refractivity contribution >= 4 is 38.8 Å². The smallest absolute Gasteiger partial charge is 0.140 e. The van der Waals surface area contributed by atoms with Crippen LogP contribution in [0.15, 0.2) is 42.5 Å². The lowest BCUT2D eigenvalue weighted by Crippen LogP contribution is -1.94. The van der Waals surface area contributed by atoms with Crippen LogP contribution in [-0.2, 0) is 6.61 Å². The van der Waals surface area contributed by atoms with Crippen LogP contribution >= 0.6 is 22.9 Å². The Hall–Kier alpha value is -1.78. The maximum absolute atomic E-state index is 5.95. The second-order valence-electron chi connectivity index (χ2n) is 4.08. The Balaban J connectivity index is 1.76. The molecule has 3 rings (SSSR count). The third-order valence-electron chi connectivity index (χ3n) is 2.64. The molecule has 0 aliphatic carbocycles. The van der Waals surface area contributed by atoms with Gasteiger partial charge in [0.15, 0.2) is 0 Å². The van der Waals surface area contributed by atoms with Crippen LogP contribution in [0.1, 0.15) is 5.01 Å². The number of rotatable bonds is 3. The fourth-order valence-electron chi connectivity index (χ4n) is 1.72. The molecule has 0 atom stereocenters. The van der Waals surface area contributed by atoms with Crippen molar-refractivity contribution in [1.29, 1.82) is 0 Å². The largest absolute Gasteiger partial charge is 0.486 e. The van der Waals surface area contributed by atoms with Gasteiger partial charge in [-0.25, -0.2) is 4.98 Å². The van der Waals surface area contributed by atoms with E-state index < -0.39 is 0 Å². The monoisotopic (exact) mass is 290 g/mol. The quantitative estimate of drug-likeness (QED) is 0.738. The molecule has 0 fully saturated rings. The summed E-state index contributed by atoms with van der Waals surface area (Å²) in [6.07, 6.45) is 0. The molecule has 5 heteroatoms. The van der Waals surface area contributed by atoms with E-state index in [1.807, 2.05) is 42.5 Å². The van der Waals surface area contributed by atoms with Gasteiger partial charge in [-0.15, -0.1) is 11.3 Å². The predicted octanol–water partition coefficient (Wildman–Crippen LogP) is 4.11. The van der Waals surface area contributed by atoms with Crippen LogP contribution in [0, 0.1) is 0 Å². The van der Waals surface area contributed by atoms with Gasteiger partial charge in [-0.3, -0.25) is 0 Å². The number of hydrogen-bond donors (Lipinski definition) is 1. The van der Waals surface area contributed by atoms with Gasteiger partial charge in [0.25, 0.3) is 0 Å². The zero-order valence-corrected chi connectivity index (χ0v) is 11.5. The molecule has 0 spiro atoms. The van der Waals surface area contributed by atoms with E-state index in [1.165, 1.54) is 0 Å². The molecule has 3 nitrogen and oxygen atoms in total. The number of nitrogens with zero attached hydrogens (tertiary/aromatic N) is 1. The van der Waals surface area contributed by atoms with Gasteiger partial charge < -0.3 is 10.5 Å². The van der Waals surface area contributed by atoms with Gasteiger partial charge in [0.05, 0.1) is 10.2 Å². The summed E-state index contributed by atoms with van der Waals surface area (Å²) in [6.45, 7) is 0.445. The van der Waals surface area contributed by atoms with E-state index in [0.717, 1.165) is 31.7 Å². The first-order valence-corrected chi connectivity index (χ1v) is 6.93. The Morgan fingerprint density at radius 3 is 2.74 bits per heavy atom. The molecule has 0 radical (unpaired) electrons. The Kier molecular flexibility index (Phi) is 3.27. The zero-order chi connectivity index (χ0) is 13.2. The van der Waals surface area contributed by atoms with E-state index in [0.29, 0.717) is 6.61 Å². The minimum Gasteiger partial charge on any atom is -0.486 e. The molecule has 0 amide bonds. The zero-order valence-electron chi connectivity index (χ0n) is 9.97. The molecular weight excluding hydrogens is 280 g/mol. The summed E-state index contributed by atoms with van der Waals surface area (Å²) < 4.78 is 6.74. The number of hydrogen-bond acceptors (Lipinski definition) is 4. The standard InChI is InChI=1S/C14H11ClN2OS/c15-9-1-6-12-13(7-9)19-14(17-12)8-18-11-4-2-10(16)3-5-11/h1-7H,8,16H2. The van der Waals surface area contributed by atoms with E-state index in [9.17, 15) is 0 Å². The third kappa shape index (κ3) is 2.80. The Labute approximate surface area is 119 Å². The summed E-state index contributed by atoms with van der Waals surface area (Å²) in [7, 11) is 0. The van der Waals surface area contributed by atoms with Crippen LogP contribution < -0.4 is 10.5 Å². The number of benzene rings is 2. The number of thiazole rings is 1. The van der Waals surface area contributed by atoms with E-state index in [1.54, 1.807) is 11.3 Å². The van der Waals surface area contributed by atoms with Crippen LogP contribution in [0.4, 0.5) is 5.69 Å². The van der Waals surface area contributed by atoms with Crippen molar-refractivity contribution in [3.8, 4) is 5.75 Å². The number of fused-ring (bicyclic) bond motifs is 1. The van der Waals surface area contributed by atoms with Crippen molar-refractivity contribution < 1.29 is 4.74 Å². The summed E-state index contributed by atoms with van der Waals surface area (Å²) in [6, 6.07) is 13.0. The molecule has 3 aromatic rings. The topological polar surface area (TPSA) is 48.1 Å². The number of nitrogens with two attached hydrogens (primary N) is 1. The molecular formula is C14H11ClN2OS. The summed E-state index contributed by atoms with van der Waals surface area (Å²) in [5, 5.41) is 1.65. The second kappa shape index (κ2) is 5.07. The molecule has 0 aliphatic rings. The van der Waals surface area contributed by atoms with Gasteiger partial charge in [0, 0.05) is 10.7 Å². The molecule has 96 valence electrons. The first-order valence-electron chi connectivity index (χ1n) is 5.74. The van der Waals surface area contributed by atoms with Crippen LogP contribution in [0.3, 0.4) is 0 Å². The van der Waals surface area contributed by atoms with Crippen molar-refractivity contribution in [1.82, 2.24) is 4.98 Å². The van der Waals surface area contributed by atoms with Crippen molar-refractivity contribution in [3.63, 3.8) is 0 Å². The predicted molar refractivity (Wildman–Crippen MR) is 79.8 cm³/mol. The van der Waals surface area contributed by atoms with Crippen LogP contribution in [0.25, 0.3) is 10.2 Å². The molecule has 1 aromatic heterocycles. The first-order chi connectivity index (χ1) is 9.20. The van der Waals surface area contributed by atoms with Crippen LogP contribution in [0.2, 0.25) is 5.02 Å².